The first kappa shape index (κ1) is 15.4. The molecule has 1 N–H and O–H groups in total. The Morgan fingerprint density at radius 2 is 2.19 bits per heavy atom. The molecule has 6 heteroatoms. The summed E-state index contributed by atoms with van der Waals surface area (Å²) in [7, 11) is 1.30. The topological polar surface area (TPSA) is 76.0 Å². The second-order valence-electron chi connectivity index (χ2n) is 5.69. The number of aliphatic hydroxyl groups excluding tert-OH is 1. The molecule has 0 saturated carbocycles. The molecular weight excluding hydrogens is 290 g/mol. The summed E-state index contributed by atoms with van der Waals surface area (Å²) in [5.41, 5.74) is 0.416. The van der Waals surface area contributed by atoms with Gasteiger partial charge < -0.3 is 9.84 Å². The van der Waals surface area contributed by atoms with Crippen molar-refractivity contribution < 1.29 is 19.4 Å². The van der Waals surface area contributed by atoms with E-state index in [-0.39, 0.29) is 22.5 Å². The highest BCUT2D eigenvalue weighted by molar-refractivity contribution is 7.12. The molecule has 2 rings (SSSR count). The van der Waals surface area contributed by atoms with Gasteiger partial charge in [0.2, 0.25) is 0 Å². The van der Waals surface area contributed by atoms with Crippen LogP contribution in [0.3, 0.4) is 0 Å². The van der Waals surface area contributed by atoms with Gasteiger partial charge in [0.15, 0.2) is 5.78 Å². The first-order valence-electron chi connectivity index (χ1n) is 6.49. The molecule has 1 heterocycles. The fraction of sp³-hybridized carbons (Fsp3) is 0.400. The lowest BCUT2D eigenvalue weighted by Gasteiger charge is -2.28. The third kappa shape index (κ3) is 3.39. The zero-order valence-corrected chi connectivity index (χ0v) is 13.0. The summed E-state index contributed by atoms with van der Waals surface area (Å²) >= 11 is 1.22. The SMILES string of the molecule is COC(=O)c1sccc1N=CC1=C(O)CC(C)(C)CC1=O. The van der Waals surface area contributed by atoms with E-state index in [1.165, 1.54) is 24.7 Å². The molecule has 0 aliphatic heterocycles. The Balaban J connectivity index is 2.28. The van der Waals surface area contributed by atoms with Gasteiger partial charge in [0, 0.05) is 19.1 Å². The van der Waals surface area contributed by atoms with Crippen molar-refractivity contribution in [1.29, 1.82) is 0 Å². The zero-order chi connectivity index (χ0) is 15.6. The molecule has 0 fully saturated rings. The van der Waals surface area contributed by atoms with Crippen LogP contribution in [0.2, 0.25) is 0 Å². The van der Waals surface area contributed by atoms with Gasteiger partial charge in [0.25, 0.3) is 0 Å². The molecule has 5 nitrogen and oxygen atoms in total. The molecular formula is C15H17NO4S. The summed E-state index contributed by atoms with van der Waals surface area (Å²) in [6.45, 7) is 3.87. The number of carbonyl (C=O) groups excluding carboxylic acids is 2. The highest BCUT2D eigenvalue weighted by Crippen LogP contribution is 2.35. The number of thiophene rings is 1. The fourth-order valence-electron chi connectivity index (χ4n) is 2.23. The zero-order valence-electron chi connectivity index (χ0n) is 12.2. The minimum atomic E-state index is -0.466. The smallest absolute Gasteiger partial charge is 0.350 e. The van der Waals surface area contributed by atoms with E-state index in [0.717, 1.165) is 0 Å². The van der Waals surface area contributed by atoms with E-state index in [2.05, 4.69) is 9.73 Å². The number of carbonyl (C=O) groups is 2. The lowest BCUT2D eigenvalue weighted by Crippen LogP contribution is -2.26. The van der Waals surface area contributed by atoms with Crippen LogP contribution in [-0.2, 0) is 9.53 Å². The second-order valence-corrected chi connectivity index (χ2v) is 6.60. The van der Waals surface area contributed by atoms with Crippen LogP contribution in [0, 0.1) is 5.41 Å². The van der Waals surface area contributed by atoms with Crippen molar-refractivity contribution in [3.63, 3.8) is 0 Å². The summed E-state index contributed by atoms with van der Waals surface area (Å²) < 4.78 is 4.67. The van der Waals surface area contributed by atoms with Crippen LogP contribution in [-0.4, -0.2) is 30.2 Å². The summed E-state index contributed by atoms with van der Waals surface area (Å²) in [5.74, 6) is -0.552. The number of methoxy groups -OCH3 is 1. The fourth-order valence-corrected chi connectivity index (χ4v) is 2.99. The van der Waals surface area contributed by atoms with Crippen LogP contribution < -0.4 is 0 Å². The molecule has 1 aliphatic rings. The van der Waals surface area contributed by atoms with Crippen LogP contribution in [0.25, 0.3) is 0 Å². The Morgan fingerprint density at radius 1 is 1.48 bits per heavy atom. The molecule has 0 radical (unpaired) electrons. The van der Waals surface area contributed by atoms with Crippen LogP contribution in [0.5, 0.6) is 0 Å². The predicted octanol–water partition coefficient (Wildman–Crippen LogP) is 3.44. The number of Topliss-reactive ketones (excluding diaryl/α,β-unsaturated/α-hetero) is 1. The standard InChI is InChI=1S/C15H17NO4S/c1-15(2)6-11(17)9(12(18)7-15)8-16-10-4-5-21-13(10)14(19)20-3/h4-5,8,17H,6-7H2,1-3H3. The van der Waals surface area contributed by atoms with Gasteiger partial charge in [0.05, 0.1) is 18.4 Å². The normalized spacial score (nSPS) is 18.3. The first-order valence-corrected chi connectivity index (χ1v) is 7.37. The van der Waals surface area contributed by atoms with Gasteiger partial charge in [-0.2, -0.15) is 0 Å². The quantitative estimate of drug-likeness (QED) is 0.685. The van der Waals surface area contributed by atoms with E-state index >= 15 is 0 Å². The highest BCUT2D eigenvalue weighted by Gasteiger charge is 2.32. The van der Waals surface area contributed by atoms with E-state index < -0.39 is 5.97 Å². The number of ether oxygens (including phenoxy) is 1. The van der Waals surface area contributed by atoms with Crippen LogP contribution in [0.1, 0.15) is 36.4 Å². The molecule has 1 aromatic heterocycles. The summed E-state index contributed by atoms with van der Waals surface area (Å²) in [6.07, 6.45) is 2.14. The van der Waals surface area contributed by atoms with Crippen molar-refractivity contribution in [2.75, 3.05) is 7.11 Å². The molecule has 0 spiro atoms. The van der Waals surface area contributed by atoms with Crippen LogP contribution >= 0.6 is 11.3 Å². The highest BCUT2D eigenvalue weighted by atomic mass is 32.1. The van der Waals surface area contributed by atoms with Gasteiger partial charge in [-0.3, -0.25) is 9.79 Å². The van der Waals surface area contributed by atoms with Gasteiger partial charge in [-0.15, -0.1) is 11.3 Å². The van der Waals surface area contributed by atoms with E-state index in [9.17, 15) is 14.7 Å². The van der Waals surface area contributed by atoms with Crippen molar-refractivity contribution in [2.45, 2.75) is 26.7 Å². The summed E-state index contributed by atoms with van der Waals surface area (Å²) in [5, 5.41) is 11.7. The molecule has 0 amide bonds. The molecule has 1 aliphatic carbocycles. The molecule has 112 valence electrons. The van der Waals surface area contributed by atoms with E-state index in [4.69, 9.17) is 0 Å². The van der Waals surface area contributed by atoms with Crippen molar-refractivity contribution >= 4 is 35.0 Å². The maximum atomic E-state index is 12.1. The third-order valence-corrected chi connectivity index (χ3v) is 4.13. The number of hydrogen-bond acceptors (Lipinski definition) is 6. The van der Waals surface area contributed by atoms with Gasteiger partial charge >= 0.3 is 5.97 Å². The van der Waals surface area contributed by atoms with Crippen LogP contribution in [0.4, 0.5) is 5.69 Å². The minimum absolute atomic E-state index is 0.0508. The number of rotatable bonds is 3. The maximum Gasteiger partial charge on any atom is 0.350 e. The Bertz CT molecular complexity index is 640. The Kier molecular flexibility index (Phi) is 4.27. The van der Waals surface area contributed by atoms with Crippen molar-refractivity contribution in [3.8, 4) is 0 Å². The monoisotopic (exact) mass is 307 g/mol. The number of hydrogen-bond donors (Lipinski definition) is 1. The number of aliphatic imine (C=N–C) groups is 1. The number of ketones is 1. The van der Waals surface area contributed by atoms with Crippen molar-refractivity contribution in [1.82, 2.24) is 0 Å². The molecule has 1 aromatic rings. The van der Waals surface area contributed by atoms with E-state index in [1.54, 1.807) is 11.4 Å². The Hall–Kier alpha value is -1.95. The largest absolute Gasteiger partial charge is 0.511 e. The van der Waals surface area contributed by atoms with Crippen molar-refractivity contribution in [3.05, 3.63) is 27.7 Å². The van der Waals surface area contributed by atoms with Crippen molar-refractivity contribution in [2.24, 2.45) is 10.4 Å². The molecule has 21 heavy (non-hydrogen) atoms. The lowest BCUT2D eigenvalue weighted by molar-refractivity contribution is -0.117. The number of allylic oxidation sites excluding steroid dienone is 2. The molecule has 0 saturated heterocycles. The summed E-state index contributed by atoms with van der Waals surface area (Å²) in [4.78, 5) is 28.1. The van der Waals surface area contributed by atoms with Gasteiger partial charge in [-0.25, -0.2) is 4.79 Å². The molecule has 0 atom stereocenters. The molecule has 0 bridgehead atoms. The molecule has 0 aromatic carbocycles. The van der Waals surface area contributed by atoms with Gasteiger partial charge in [0.1, 0.15) is 10.6 Å². The Morgan fingerprint density at radius 3 is 2.81 bits per heavy atom. The lowest BCUT2D eigenvalue weighted by atomic mass is 9.77. The maximum absolute atomic E-state index is 12.1. The number of nitrogens with zero attached hydrogens (tertiary/aromatic N) is 1. The number of esters is 1. The van der Waals surface area contributed by atoms with Gasteiger partial charge in [-0.1, -0.05) is 13.8 Å². The third-order valence-electron chi connectivity index (χ3n) is 3.24. The minimum Gasteiger partial charge on any atom is -0.511 e. The average Bonchev–Trinajstić information content (AvgIpc) is 2.83. The second kappa shape index (κ2) is 5.81. The molecule has 0 unspecified atom stereocenters. The van der Waals surface area contributed by atoms with Gasteiger partial charge in [-0.05, 0) is 16.9 Å². The van der Waals surface area contributed by atoms with Crippen LogP contribution in [0.15, 0.2) is 27.8 Å². The van der Waals surface area contributed by atoms with E-state index in [1.807, 2.05) is 13.8 Å². The summed E-state index contributed by atoms with van der Waals surface area (Å²) in [6, 6.07) is 1.67. The average molecular weight is 307 g/mol. The predicted molar refractivity (Wildman–Crippen MR) is 81.5 cm³/mol. The van der Waals surface area contributed by atoms with E-state index in [0.29, 0.717) is 23.4 Å². The first-order chi connectivity index (χ1) is 9.84. The number of aliphatic hydroxyl groups is 1. The Labute approximate surface area is 127 Å².